The molecule has 0 aromatic heterocycles. The number of urea groups is 1. The van der Waals surface area contributed by atoms with E-state index in [1.165, 1.54) is 5.69 Å². The van der Waals surface area contributed by atoms with E-state index in [0.717, 1.165) is 18.7 Å². The lowest BCUT2D eigenvalue weighted by atomic mass is 10.2. The second kappa shape index (κ2) is 6.10. The molecule has 2 rings (SSSR count). The third-order valence-electron chi connectivity index (χ3n) is 2.88. The van der Waals surface area contributed by atoms with Gasteiger partial charge >= 0.3 is 6.03 Å². The minimum absolute atomic E-state index is 0.120. The van der Waals surface area contributed by atoms with Crippen LogP contribution in [-0.2, 0) is 6.54 Å². The largest absolute Gasteiger partial charge is 0.364 e. The first-order valence-electron chi connectivity index (χ1n) is 6.30. The first kappa shape index (κ1) is 12.5. The lowest BCUT2D eigenvalue weighted by molar-refractivity contribution is 0.241. The summed E-state index contributed by atoms with van der Waals surface area (Å²) < 4.78 is 0. The Labute approximate surface area is 108 Å². The molecule has 0 saturated carbocycles. The molecular weight excluding hydrogens is 226 g/mol. The molecule has 18 heavy (non-hydrogen) atoms. The number of amides is 2. The van der Waals surface area contributed by atoms with E-state index in [0.29, 0.717) is 13.1 Å². The smallest absolute Gasteiger partial charge is 0.315 e. The zero-order chi connectivity index (χ0) is 12.8. The molecule has 0 unspecified atom stereocenters. The van der Waals surface area contributed by atoms with Crippen molar-refractivity contribution in [3.8, 4) is 0 Å². The van der Waals surface area contributed by atoms with E-state index in [9.17, 15) is 4.79 Å². The molecule has 0 aliphatic carbocycles. The van der Waals surface area contributed by atoms with Crippen molar-refractivity contribution in [2.75, 3.05) is 24.5 Å². The van der Waals surface area contributed by atoms with Crippen molar-refractivity contribution in [3.63, 3.8) is 0 Å². The number of anilines is 1. The van der Waals surface area contributed by atoms with E-state index < -0.39 is 0 Å². The Morgan fingerprint density at radius 3 is 2.78 bits per heavy atom. The summed E-state index contributed by atoms with van der Waals surface area (Å²) in [6.07, 6.45) is 4.33. The van der Waals surface area contributed by atoms with Gasteiger partial charge in [-0.3, -0.25) is 0 Å². The minimum Gasteiger partial charge on any atom is -0.364 e. The van der Waals surface area contributed by atoms with Gasteiger partial charge in [0.2, 0.25) is 0 Å². The van der Waals surface area contributed by atoms with Gasteiger partial charge in [-0.05, 0) is 24.6 Å². The summed E-state index contributed by atoms with van der Waals surface area (Å²) in [6.45, 7) is 5.03. The molecule has 1 aromatic carbocycles. The highest BCUT2D eigenvalue weighted by molar-refractivity contribution is 5.73. The third-order valence-corrected chi connectivity index (χ3v) is 2.88. The molecule has 1 aromatic rings. The van der Waals surface area contributed by atoms with Crippen LogP contribution in [0.5, 0.6) is 0 Å². The first-order chi connectivity index (χ1) is 8.79. The van der Waals surface area contributed by atoms with Crippen LogP contribution in [0, 0.1) is 0 Å². The molecule has 4 nitrogen and oxygen atoms in total. The average molecular weight is 245 g/mol. The molecule has 4 heteroatoms. The van der Waals surface area contributed by atoms with Crippen LogP contribution in [-0.4, -0.2) is 25.7 Å². The van der Waals surface area contributed by atoms with Crippen LogP contribution >= 0.6 is 0 Å². The van der Waals surface area contributed by atoms with Gasteiger partial charge in [0.15, 0.2) is 0 Å². The van der Waals surface area contributed by atoms with Crippen molar-refractivity contribution in [2.24, 2.45) is 0 Å². The van der Waals surface area contributed by atoms with Gasteiger partial charge < -0.3 is 15.5 Å². The maximum Gasteiger partial charge on any atom is 0.315 e. The van der Waals surface area contributed by atoms with Crippen LogP contribution in [0.2, 0.25) is 0 Å². The topological polar surface area (TPSA) is 44.4 Å². The average Bonchev–Trinajstić information content (AvgIpc) is 2.91. The van der Waals surface area contributed by atoms with Gasteiger partial charge in [0.05, 0.1) is 0 Å². The summed E-state index contributed by atoms with van der Waals surface area (Å²) in [6, 6.07) is 8.16. The molecule has 0 saturated heterocycles. The summed E-state index contributed by atoms with van der Waals surface area (Å²) in [7, 11) is 0. The van der Waals surface area contributed by atoms with Crippen LogP contribution in [0.4, 0.5) is 10.5 Å². The quantitative estimate of drug-likeness (QED) is 0.796. The van der Waals surface area contributed by atoms with Crippen LogP contribution in [0.25, 0.3) is 0 Å². The number of carbonyl (C=O) groups excluding carboxylic acids is 1. The molecule has 1 heterocycles. The highest BCUT2D eigenvalue weighted by Gasteiger charge is 2.08. The highest BCUT2D eigenvalue weighted by atomic mass is 16.2. The number of benzene rings is 1. The van der Waals surface area contributed by atoms with Crippen LogP contribution in [0.1, 0.15) is 12.5 Å². The molecular formula is C14H19N3O. The Morgan fingerprint density at radius 1 is 1.28 bits per heavy atom. The Kier molecular flexibility index (Phi) is 4.23. The lowest BCUT2D eigenvalue weighted by Gasteiger charge is -2.18. The Bertz CT molecular complexity index is 434. The molecule has 1 aliphatic heterocycles. The van der Waals surface area contributed by atoms with Crippen molar-refractivity contribution in [1.82, 2.24) is 10.6 Å². The van der Waals surface area contributed by atoms with Crippen molar-refractivity contribution < 1.29 is 4.79 Å². The first-order valence-corrected chi connectivity index (χ1v) is 6.30. The second-order valence-electron chi connectivity index (χ2n) is 4.26. The zero-order valence-corrected chi connectivity index (χ0v) is 10.6. The zero-order valence-electron chi connectivity index (χ0n) is 10.6. The van der Waals surface area contributed by atoms with Gasteiger partial charge in [0.25, 0.3) is 0 Å². The van der Waals surface area contributed by atoms with Crippen molar-refractivity contribution in [3.05, 3.63) is 42.0 Å². The molecule has 0 spiro atoms. The number of rotatable bonds is 4. The Hall–Kier alpha value is -1.97. The maximum absolute atomic E-state index is 11.3. The SMILES string of the molecule is CCNC(=O)NCc1cccc(N2CC=CC2)c1. The molecule has 0 bridgehead atoms. The van der Waals surface area contributed by atoms with Crippen molar-refractivity contribution in [2.45, 2.75) is 13.5 Å². The van der Waals surface area contributed by atoms with Crippen LogP contribution in [0.15, 0.2) is 36.4 Å². The van der Waals surface area contributed by atoms with Crippen LogP contribution < -0.4 is 15.5 Å². The van der Waals surface area contributed by atoms with E-state index in [4.69, 9.17) is 0 Å². The predicted molar refractivity (Wildman–Crippen MR) is 73.7 cm³/mol. The van der Waals surface area contributed by atoms with Crippen molar-refractivity contribution in [1.29, 1.82) is 0 Å². The fourth-order valence-electron chi connectivity index (χ4n) is 1.96. The number of hydrogen-bond acceptors (Lipinski definition) is 2. The van der Waals surface area contributed by atoms with Gasteiger partial charge in [-0.25, -0.2) is 4.79 Å². The number of nitrogens with one attached hydrogen (secondary N) is 2. The number of hydrogen-bond donors (Lipinski definition) is 2. The second-order valence-corrected chi connectivity index (χ2v) is 4.26. The molecule has 0 radical (unpaired) electrons. The van der Waals surface area contributed by atoms with Gasteiger partial charge in [-0.15, -0.1) is 0 Å². The summed E-state index contributed by atoms with van der Waals surface area (Å²) in [5.74, 6) is 0. The van der Waals surface area contributed by atoms with Crippen LogP contribution in [0.3, 0.4) is 0 Å². The van der Waals surface area contributed by atoms with E-state index in [-0.39, 0.29) is 6.03 Å². The third kappa shape index (κ3) is 3.26. The molecule has 1 aliphatic rings. The van der Waals surface area contributed by atoms with Crippen molar-refractivity contribution >= 4 is 11.7 Å². The molecule has 2 amide bonds. The lowest BCUT2D eigenvalue weighted by Crippen LogP contribution is -2.34. The van der Waals surface area contributed by atoms with E-state index in [1.54, 1.807) is 0 Å². The summed E-state index contributed by atoms with van der Waals surface area (Å²) in [5.41, 5.74) is 2.32. The predicted octanol–water partition coefficient (Wildman–Crippen LogP) is 1.88. The number of nitrogens with zero attached hydrogens (tertiary/aromatic N) is 1. The standard InChI is InChI=1S/C14H19N3O/c1-2-15-14(18)16-11-12-6-5-7-13(10-12)17-8-3-4-9-17/h3-7,10H,2,8-9,11H2,1H3,(H2,15,16,18). The fourth-order valence-corrected chi connectivity index (χ4v) is 1.96. The summed E-state index contributed by atoms with van der Waals surface area (Å²) in [5, 5.41) is 5.55. The molecule has 0 fully saturated rings. The Morgan fingerprint density at radius 2 is 2.06 bits per heavy atom. The molecule has 96 valence electrons. The number of carbonyl (C=O) groups is 1. The van der Waals surface area contributed by atoms with Gasteiger partial charge in [0, 0.05) is 31.9 Å². The fraction of sp³-hybridized carbons (Fsp3) is 0.357. The van der Waals surface area contributed by atoms with E-state index in [1.807, 2.05) is 19.1 Å². The molecule has 2 N–H and O–H groups in total. The summed E-state index contributed by atoms with van der Waals surface area (Å²) in [4.78, 5) is 13.6. The normalized spacial score (nSPS) is 13.7. The monoisotopic (exact) mass is 245 g/mol. The molecule has 0 atom stereocenters. The van der Waals surface area contributed by atoms with E-state index >= 15 is 0 Å². The van der Waals surface area contributed by atoms with Gasteiger partial charge in [0.1, 0.15) is 0 Å². The Balaban J connectivity index is 1.92. The van der Waals surface area contributed by atoms with Gasteiger partial charge in [-0.1, -0.05) is 24.3 Å². The highest BCUT2D eigenvalue weighted by Crippen LogP contribution is 2.18. The summed E-state index contributed by atoms with van der Waals surface area (Å²) >= 11 is 0. The van der Waals surface area contributed by atoms with Gasteiger partial charge in [-0.2, -0.15) is 0 Å². The maximum atomic E-state index is 11.3. The van der Waals surface area contributed by atoms with E-state index in [2.05, 4.69) is 39.8 Å². The minimum atomic E-state index is -0.120.